The molecule has 0 bridgehead atoms. The summed E-state index contributed by atoms with van der Waals surface area (Å²) >= 11 is 6.44. The van der Waals surface area contributed by atoms with Crippen molar-refractivity contribution >= 4 is 17.3 Å². The van der Waals surface area contributed by atoms with Gasteiger partial charge < -0.3 is 10.2 Å². The van der Waals surface area contributed by atoms with Gasteiger partial charge in [-0.3, -0.25) is 0 Å². The van der Waals surface area contributed by atoms with Gasteiger partial charge in [0.2, 0.25) is 0 Å². The monoisotopic (exact) mass is 278 g/mol. The molecule has 1 saturated carbocycles. The quantitative estimate of drug-likeness (QED) is 0.896. The largest absolute Gasteiger partial charge is 0.366 e. The molecule has 2 fully saturated rings. The predicted octanol–water partition coefficient (Wildman–Crippen LogP) is 3.97. The van der Waals surface area contributed by atoms with E-state index >= 15 is 0 Å². The van der Waals surface area contributed by atoms with Gasteiger partial charge in [-0.25, -0.2) is 0 Å². The van der Waals surface area contributed by atoms with E-state index in [1.54, 1.807) is 0 Å². The molecule has 1 saturated heterocycles. The molecule has 0 aromatic heterocycles. The van der Waals surface area contributed by atoms with E-state index in [4.69, 9.17) is 11.6 Å². The highest BCUT2D eigenvalue weighted by Gasteiger charge is 2.32. The van der Waals surface area contributed by atoms with Crippen LogP contribution in [-0.2, 0) is 6.54 Å². The Bertz CT molecular complexity index is 466. The fourth-order valence-corrected chi connectivity index (χ4v) is 3.22. The molecule has 0 spiro atoms. The van der Waals surface area contributed by atoms with Crippen molar-refractivity contribution in [1.82, 2.24) is 5.32 Å². The molecule has 3 rings (SSSR count). The van der Waals surface area contributed by atoms with Crippen LogP contribution in [0.3, 0.4) is 0 Å². The van der Waals surface area contributed by atoms with Gasteiger partial charge in [-0.2, -0.15) is 0 Å². The highest BCUT2D eigenvalue weighted by atomic mass is 35.5. The Labute approximate surface area is 121 Å². The second-order valence-electron chi connectivity index (χ2n) is 6.50. The van der Waals surface area contributed by atoms with Gasteiger partial charge in [-0.05, 0) is 57.2 Å². The summed E-state index contributed by atoms with van der Waals surface area (Å²) in [5.74, 6) is 0. The Morgan fingerprint density at radius 2 is 2.16 bits per heavy atom. The van der Waals surface area contributed by atoms with Crippen molar-refractivity contribution in [3.05, 3.63) is 28.8 Å². The van der Waals surface area contributed by atoms with Gasteiger partial charge in [-0.1, -0.05) is 17.7 Å². The van der Waals surface area contributed by atoms with Crippen LogP contribution in [0.25, 0.3) is 0 Å². The summed E-state index contributed by atoms with van der Waals surface area (Å²) in [5, 5.41) is 4.42. The maximum absolute atomic E-state index is 6.44. The second-order valence-corrected chi connectivity index (χ2v) is 6.91. The molecule has 1 heterocycles. The van der Waals surface area contributed by atoms with Crippen LogP contribution in [0.1, 0.15) is 45.1 Å². The van der Waals surface area contributed by atoms with Crippen molar-refractivity contribution in [2.75, 3.05) is 11.4 Å². The Morgan fingerprint density at radius 1 is 1.37 bits per heavy atom. The normalized spacial score (nSPS) is 21.9. The lowest BCUT2D eigenvalue weighted by molar-refractivity contribution is 0.518. The van der Waals surface area contributed by atoms with Crippen molar-refractivity contribution in [1.29, 1.82) is 0 Å². The highest BCUT2D eigenvalue weighted by molar-refractivity contribution is 6.31. The van der Waals surface area contributed by atoms with E-state index in [1.807, 2.05) is 0 Å². The first kappa shape index (κ1) is 13.3. The molecule has 0 amide bonds. The molecule has 19 heavy (non-hydrogen) atoms. The maximum Gasteiger partial charge on any atom is 0.0471 e. The fourth-order valence-electron chi connectivity index (χ4n) is 2.98. The molecular formula is C16H23ClN2. The van der Waals surface area contributed by atoms with E-state index in [1.165, 1.54) is 36.9 Å². The van der Waals surface area contributed by atoms with Gasteiger partial charge in [-0.15, -0.1) is 0 Å². The number of nitrogens with one attached hydrogen (secondary N) is 1. The van der Waals surface area contributed by atoms with E-state index in [0.717, 1.165) is 24.2 Å². The highest BCUT2D eigenvalue weighted by Crippen LogP contribution is 2.35. The third-order valence-electron chi connectivity index (χ3n) is 4.41. The molecule has 0 unspecified atom stereocenters. The molecule has 3 heteroatoms. The van der Waals surface area contributed by atoms with E-state index in [2.05, 4.69) is 42.3 Å². The van der Waals surface area contributed by atoms with Crippen LogP contribution in [-0.4, -0.2) is 18.1 Å². The SMILES string of the molecule is CC1(C)CCCN1c1ccc(CNC2CC2)c(Cl)c1. The first-order valence-electron chi connectivity index (χ1n) is 7.36. The average molecular weight is 279 g/mol. The first-order chi connectivity index (χ1) is 9.06. The summed E-state index contributed by atoms with van der Waals surface area (Å²) in [6.45, 7) is 6.67. The van der Waals surface area contributed by atoms with Gasteiger partial charge in [0.25, 0.3) is 0 Å². The molecule has 0 radical (unpaired) electrons. The van der Waals surface area contributed by atoms with Gasteiger partial charge >= 0.3 is 0 Å². The summed E-state index contributed by atoms with van der Waals surface area (Å²) in [7, 11) is 0. The zero-order valence-corrected chi connectivity index (χ0v) is 12.6. The third-order valence-corrected chi connectivity index (χ3v) is 4.76. The minimum Gasteiger partial charge on any atom is -0.366 e. The topological polar surface area (TPSA) is 15.3 Å². The predicted molar refractivity (Wildman–Crippen MR) is 82.0 cm³/mol. The number of nitrogens with zero attached hydrogens (tertiary/aromatic N) is 1. The lowest BCUT2D eigenvalue weighted by Gasteiger charge is -2.34. The standard InChI is InChI=1S/C16H23ClN2/c1-16(2)8-3-9-19(16)14-7-4-12(15(17)10-14)11-18-13-5-6-13/h4,7,10,13,18H,3,5-6,8-9,11H2,1-2H3. The Morgan fingerprint density at radius 3 is 2.74 bits per heavy atom. The van der Waals surface area contributed by atoms with Gasteiger partial charge in [0.15, 0.2) is 0 Å². The van der Waals surface area contributed by atoms with E-state index in [9.17, 15) is 0 Å². The fraction of sp³-hybridized carbons (Fsp3) is 0.625. The summed E-state index contributed by atoms with van der Waals surface area (Å²) in [6.07, 6.45) is 5.17. The van der Waals surface area contributed by atoms with E-state index in [0.29, 0.717) is 0 Å². The van der Waals surface area contributed by atoms with Gasteiger partial charge in [0.05, 0.1) is 0 Å². The third kappa shape index (κ3) is 2.90. The van der Waals surface area contributed by atoms with Crippen LogP contribution in [0.5, 0.6) is 0 Å². The molecule has 104 valence electrons. The van der Waals surface area contributed by atoms with Crippen molar-refractivity contribution in [2.45, 2.75) is 57.7 Å². The Hall–Kier alpha value is -0.730. The van der Waals surface area contributed by atoms with Gasteiger partial charge in [0.1, 0.15) is 0 Å². The van der Waals surface area contributed by atoms with E-state index < -0.39 is 0 Å². The van der Waals surface area contributed by atoms with Crippen molar-refractivity contribution in [3.63, 3.8) is 0 Å². The van der Waals surface area contributed by atoms with Crippen LogP contribution in [0, 0.1) is 0 Å². The van der Waals surface area contributed by atoms with Crippen molar-refractivity contribution < 1.29 is 0 Å². The van der Waals surface area contributed by atoms with Gasteiger partial charge in [0, 0.05) is 35.4 Å². The number of hydrogen-bond donors (Lipinski definition) is 1. The molecule has 2 nitrogen and oxygen atoms in total. The summed E-state index contributed by atoms with van der Waals surface area (Å²) in [5.41, 5.74) is 2.74. The Balaban J connectivity index is 1.74. The molecule has 1 aliphatic heterocycles. The number of anilines is 1. The minimum atomic E-state index is 0.261. The number of benzene rings is 1. The van der Waals surface area contributed by atoms with Crippen LogP contribution in [0.2, 0.25) is 5.02 Å². The van der Waals surface area contributed by atoms with Crippen molar-refractivity contribution in [3.8, 4) is 0 Å². The molecule has 0 atom stereocenters. The van der Waals surface area contributed by atoms with Crippen molar-refractivity contribution in [2.24, 2.45) is 0 Å². The van der Waals surface area contributed by atoms with Crippen LogP contribution >= 0.6 is 11.6 Å². The maximum atomic E-state index is 6.44. The summed E-state index contributed by atoms with van der Waals surface area (Å²) < 4.78 is 0. The molecule has 1 aliphatic carbocycles. The molecule has 1 aromatic rings. The van der Waals surface area contributed by atoms with Crippen LogP contribution < -0.4 is 10.2 Å². The molecule has 1 N–H and O–H groups in total. The zero-order chi connectivity index (χ0) is 13.5. The lowest BCUT2D eigenvalue weighted by Crippen LogP contribution is -2.38. The average Bonchev–Trinajstić information content (AvgIpc) is 3.11. The Kier molecular flexibility index (Phi) is 3.48. The number of rotatable bonds is 4. The molecule has 1 aromatic carbocycles. The second kappa shape index (κ2) is 4.99. The number of halogens is 1. The molecule has 2 aliphatic rings. The first-order valence-corrected chi connectivity index (χ1v) is 7.73. The summed E-state index contributed by atoms with van der Waals surface area (Å²) in [6, 6.07) is 7.27. The summed E-state index contributed by atoms with van der Waals surface area (Å²) in [4.78, 5) is 2.48. The molecular weight excluding hydrogens is 256 g/mol. The number of hydrogen-bond acceptors (Lipinski definition) is 2. The van der Waals surface area contributed by atoms with Crippen LogP contribution in [0.4, 0.5) is 5.69 Å². The lowest BCUT2D eigenvalue weighted by atomic mass is 10.0. The minimum absolute atomic E-state index is 0.261. The zero-order valence-electron chi connectivity index (χ0n) is 11.9. The van der Waals surface area contributed by atoms with Crippen LogP contribution in [0.15, 0.2) is 18.2 Å². The van der Waals surface area contributed by atoms with E-state index in [-0.39, 0.29) is 5.54 Å². The smallest absolute Gasteiger partial charge is 0.0471 e.